The third-order valence-corrected chi connectivity index (χ3v) is 2.67. The third-order valence-electron chi connectivity index (χ3n) is 2.31. The van der Waals surface area contributed by atoms with Crippen LogP contribution in [0, 0.1) is 6.92 Å². The molecule has 6 nitrogen and oxygen atoms in total. The molecule has 0 heterocycles. The summed E-state index contributed by atoms with van der Waals surface area (Å²) in [5.41, 5.74) is 4.77. The number of hydrazine groups is 1. The van der Waals surface area contributed by atoms with Crippen molar-refractivity contribution in [3.05, 3.63) is 65.7 Å². The van der Waals surface area contributed by atoms with Crippen molar-refractivity contribution in [2.75, 3.05) is 5.43 Å². The molecule has 7 heteroatoms. The third kappa shape index (κ3) is 7.83. The lowest BCUT2D eigenvalue weighted by Gasteiger charge is -2.03. The van der Waals surface area contributed by atoms with Crippen LogP contribution in [-0.4, -0.2) is 19.3 Å². The van der Waals surface area contributed by atoms with E-state index < -0.39 is 10.3 Å². The molecule has 0 radical (unpaired) electrons. The summed E-state index contributed by atoms with van der Waals surface area (Å²) in [6.45, 7) is 1.99. The topological polar surface area (TPSA) is 95.5 Å². The van der Waals surface area contributed by atoms with Gasteiger partial charge in [-0.2, -0.15) is 8.42 Å². The Balaban J connectivity index is 0.000000219. The lowest BCUT2D eigenvalue weighted by Crippen LogP contribution is -2.28. The van der Waals surface area contributed by atoms with Gasteiger partial charge in [-0.3, -0.25) is 9.35 Å². The average molecular weight is 308 g/mol. The van der Waals surface area contributed by atoms with E-state index in [0.717, 1.165) is 11.8 Å². The van der Waals surface area contributed by atoms with Crippen molar-refractivity contribution >= 4 is 22.3 Å². The number of anilines is 1. The SMILES string of the molecule is Cc1ccc(C=O)cc1.O=S(=O)(O)NNc1ccccc1. The van der Waals surface area contributed by atoms with Crippen molar-refractivity contribution < 1.29 is 17.8 Å². The minimum absolute atomic E-state index is 0.551. The second-order valence-corrected chi connectivity index (χ2v) is 5.25. The van der Waals surface area contributed by atoms with E-state index >= 15 is 0 Å². The van der Waals surface area contributed by atoms with Gasteiger partial charge in [-0.1, -0.05) is 48.0 Å². The molecule has 21 heavy (non-hydrogen) atoms. The highest BCUT2D eigenvalue weighted by atomic mass is 32.2. The highest BCUT2D eigenvalue weighted by Crippen LogP contribution is 2.02. The zero-order valence-electron chi connectivity index (χ0n) is 11.4. The quantitative estimate of drug-likeness (QED) is 0.457. The van der Waals surface area contributed by atoms with Crippen LogP contribution in [-0.2, 0) is 10.3 Å². The average Bonchev–Trinajstić information content (AvgIpc) is 2.47. The van der Waals surface area contributed by atoms with Gasteiger partial charge in [0.05, 0.1) is 0 Å². The molecule has 0 amide bonds. The summed E-state index contributed by atoms with van der Waals surface area (Å²) in [4.78, 5) is 11.8. The Bertz CT molecular complexity index is 655. The van der Waals surface area contributed by atoms with Crippen LogP contribution in [0.4, 0.5) is 5.69 Å². The summed E-state index contributed by atoms with van der Waals surface area (Å²) in [7, 11) is -4.18. The Morgan fingerprint density at radius 2 is 1.57 bits per heavy atom. The van der Waals surface area contributed by atoms with E-state index in [0.29, 0.717) is 5.69 Å². The van der Waals surface area contributed by atoms with Gasteiger partial charge in [0.2, 0.25) is 0 Å². The molecular weight excluding hydrogens is 292 g/mol. The molecule has 2 aromatic rings. The van der Waals surface area contributed by atoms with Crippen molar-refractivity contribution in [3.8, 4) is 0 Å². The lowest BCUT2D eigenvalue weighted by molar-refractivity contribution is 0.112. The minimum atomic E-state index is -4.18. The Hall–Kier alpha value is -2.22. The van der Waals surface area contributed by atoms with E-state index in [1.807, 2.05) is 31.2 Å². The molecule has 0 aliphatic rings. The lowest BCUT2D eigenvalue weighted by atomic mass is 10.2. The number of hydrogen-bond donors (Lipinski definition) is 3. The first kappa shape index (κ1) is 16.8. The number of para-hydroxylation sites is 1. The summed E-state index contributed by atoms with van der Waals surface area (Å²) in [5.74, 6) is 0. The Morgan fingerprint density at radius 1 is 1.00 bits per heavy atom. The fraction of sp³-hybridized carbons (Fsp3) is 0.0714. The van der Waals surface area contributed by atoms with Gasteiger partial charge < -0.3 is 5.43 Å². The van der Waals surface area contributed by atoms with E-state index in [4.69, 9.17) is 4.55 Å². The predicted molar refractivity (Wildman–Crippen MR) is 81.3 cm³/mol. The summed E-state index contributed by atoms with van der Waals surface area (Å²) in [5, 5.41) is 0. The van der Waals surface area contributed by atoms with Crippen LogP contribution < -0.4 is 10.3 Å². The largest absolute Gasteiger partial charge is 0.350 e. The minimum Gasteiger partial charge on any atom is -0.306 e. The first-order valence-corrected chi connectivity index (χ1v) is 7.42. The van der Waals surface area contributed by atoms with Gasteiger partial charge in [-0.25, -0.2) is 0 Å². The zero-order chi connectivity index (χ0) is 15.7. The van der Waals surface area contributed by atoms with E-state index in [-0.39, 0.29) is 0 Å². The van der Waals surface area contributed by atoms with Crippen LogP contribution in [0.2, 0.25) is 0 Å². The fourth-order valence-corrected chi connectivity index (χ4v) is 1.54. The summed E-state index contributed by atoms with van der Waals surface area (Å²) >= 11 is 0. The van der Waals surface area contributed by atoms with Crippen LogP contribution in [0.3, 0.4) is 0 Å². The normalized spacial score (nSPS) is 10.2. The Labute approximate surface area is 123 Å². The summed E-state index contributed by atoms with van der Waals surface area (Å²) in [6, 6.07) is 16.0. The molecule has 0 saturated heterocycles. The standard InChI is InChI=1S/C8H8O.C6H8N2O3S/c1-7-2-4-8(6-9)5-3-7;9-12(10,11)8-7-6-4-2-1-3-5-6/h2-6H,1H3;1-5,7-8H,(H,9,10,11). The van der Waals surface area contributed by atoms with Gasteiger partial charge >= 0.3 is 10.3 Å². The predicted octanol–water partition coefficient (Wildman–Crippen LogP) is 2.21. The van der Waals surface area contributed by atoms with Gasteiger partial charge in [-0.05, 0) is 19.1 Å². The van der Waals surface area contributed by atoms with Crippen molar-refractivity contribution in [2.45, 2.75) is 6.92 Å². The molecular formula is C14H16N2O4S. The monoisotopic (exact) mass is 308 g/mol. The first-order valence-electron chi connectivity index (χ1n) is 5.98. The second kappa shape index (κ2) is 8.15. The molecule has 0 fully saturated rings. The molecule has 0 unspecified atom stereocenters. The molecule has 112 valence electrons. The van der Waals surface area contributed by atoms with Crippen molar-refractivity contribution in [1.29, 1.82) is 0 Å². The van der Waals surface area contributed by atoms with E-state index in [9.17, 15) is 13.2 Å². The number of carbonyl (C=O) groups is 1. The van der Waals surface area contributed by atoms with Gasteiger partial charge in [0.1, 0.15) is 6.29 Å². The maximum Gasteiger partial charge on any atom is 0.350 e. The molecule has 0 saturated carbocycles. The highest BCUT2D eigenvalue weighted by Gasteiger charge is 1.99. The van der Waals surface area contributed by atoms with Crippen LogP contribution in [0.15, 0.2) is 54.6 Å². The molecule has 2 aromatic carbocycles. The Morgan fingerprint density at radius 3 is 2.05 bits per heavy atom. The smallest absolute Gasteiger partial charge is 0.306 e. The van der Waals surface area contributed by atoms with Gasteiger partial charge in [-0.15, -0.1) is 4.83 Å². The number of benzene rings is 2. The molecule has 3 N–H and O–H groups in total. The van der Waals surface area contributed by atoms with Crippen LogP contribution >= 0.6 is 0 Å². The first-order chi connectivity index (χ1) is 9.90. The maximum atomic E-state index is 10.2. The number of carbonyl (C=O) groups excluding carboxylic acids is 1. The number of hydrogen-bond acceptors (Lipinski definition) is 4. The molecule has 2 rings (SSSR count). The fourth-order valence-electron chi connectivity index (χ4n) is 1.29. The van der Waals surface area contributed by atoms with Gasteiger partial charge in [0.25, 0.3) is 0 Å². The van der Waals surface area contributed by atoms with Crippen molar-refractivity contribution in [2.24, 2.45) is 0 Å². The Kier molecular flexibility index (Phi) is 6.54. The molecule has 0 aliphatic heterocycles. The van der Waals surface area contributed by atoms with Crippen molar-refractivity contribution in [1.82, 2.24) is 4.83 Å². The molecule has 0 spiro atoms. The molecule has 0 bridgehead atoms. The summed E-state index contributed by atoms with van der Waals surface area (Å²) in [6.07, 6.45) is 0.847. The number of rotatable bonds is 4. The van der Waals surface area contributed by atoms with Gasteiger partial charge in [0, 0.05) is 11.3 Å². The van der Waals surface area contributed by atoms with Gasteiger partial charge in [0.15, 0.2) is 0 Å². The summed E-state index contributed by atoms with van der Waals surface area (Å²) < 4.78 is 28.7. The number of aldehydes is 1. The van der Waals surface area contributed by atoms with E-state index in [1.54, 1.807) is 35.2 Å². The van der Waals surface area contributed by atoms with Crippen molar-refractivity contribution in [3.63, 3.8) is 0 Å². The maximum absolute atomic E-state index is 10.2. The van der Waals surface area contributed by atoms with Crippen LogP contribution in [0.5, 0.6) is 0 Å². The molecule has 0 aromatic heterocycles. The zero-order valence-corrected chi connectivity index (χ0v) is 12.2. The molecule has 0 atom stereocenters. The van der Waals surface area contributed by atoms with Crippen LogP contribution in [0.25, 0.3) is 0 Å². The van der Waals surface area contributed by atoms with Crippen LogP contribution in [0.1, 0.15) is 15.9 Å². The molecule has 0 aliphatic carbocycles. The van der Waals surface area contributed by atoms with E-state index in [2.05, 4.69) is 5.43 Å². The number of nitrogens with one attached hydrogen (secondary N) is 2. The number of aryl methyl sites for hydroxylation is 1. The second-order valence-electron chi connectivity index (χ2n) is 4.10. The van der Waals surface area contributed by atoms with E-state index in [1.165, 1.54) is 5.56 Å². The highest BCUT2D eigenvalue weighted by molar-refractivity contribution is 7.83.